The van der Waals surface area contributed by atoms with Crippen molar-refractivity contribution < 1.29 is 4.74 Å². The van der Waals surface area contributed by atoms with Crippen molar-refractivity contribution in [3.05, 3.63) is 18.2 Å². The van der Waals surface area contributed by atoms with Crippen LogP contribution in [0.15, 0.2) is 12.5 Å². The number of hydrogen-bond donors (Lipinski definition) is 1. The molecule has 0 bridgehead atoms. The van der Waals surface area contributed by atoms with Crippen molar-refractivity contribution in [3.63, 3.8) is 0 Å². The van der Waals surface area contributed by atoms with Crippen molar-refractivity contribution in [2.75, 3.05) is 27.8 Å². The van der Waals surface area contributed by atoms with Gasteiger partial charge in [-0.25, -0.2) is 4.98 Å². The Balaban J connectivity index is 2.47. The van der Waals surface area contributed by atoms with Gasteiger partial charge in [0.05, 0.1) is 12.9 Å². The van der Waals surface area contributed by atoms with Crippen LogP contribution in [0.5, 0.6) is 0 Å². The zero-order chi connectivity index (χ0) is 9.68. The van der Waals surface area contributed by atoms with Gasteiger partial charge in [-0.05, 0) is 14.1 Å². The molecular formula is C9H17N3O. The van der Waals surface area contributed by atoms with Crippen LogP contribution in [0, 0.1) is 0 Å². The van der Waals surface area contributed by atoms with Crippen LogP contribution in [-0.4, -0.2) is 48.7 Å². The van der Waals surface area contributed by atoms with Gasteiger partial charge in [0, 0.05) is 31.5 Å². The monoisotopic (exact) mass is 183 g/mol. The molecule has 74 valence electrons. The number of methoxy groups -OCH3 is 1. The molecule has 0 saturated carbocycles. The molecule has 0 radical (unpaired) electrons. The Kier molecular flexibility index (Phi) is 3.92. The van der Waals surface area contributed by atoms with Crippen molar-refractivity contribution in [2.45, 2.75) is 12.5 Å². The van der Waals surface area contributed by atoms with E-state index in [2.05, 4.69) is 29.0 Å². The highest BCUT2D eigenvalue weighted by atomic mass is 16.5. The van der Waals surface area contributed by atoms with Gasteiger partial charge in [-0.3, -0.25) is 0 Å². The number of rotatable bonds is 5. The van der Waals surface area contributed by atoms with Crippen LogP contribution >= 0.6 is 0 Å². The van der Waals surface area contributed by atoms with Gasteiger partial charge in [0.15, 0.2) is 0 Å². The Labute approximate surface area is 78.9 Å². The van der Waals surface area contributed by atoms with E-state index in [0.29, 0.717) is 6.04 Å². The Bertz CT molecular complexity index is 221. The molecule has 1 atom stereocenters. The number of nitrogens with zero attached hydrogens (tertiary/aromatic N) is 2. The van der Waals surface area contributed by atoms with E-state index in [-0.39, 0.29) is 0 Å². The average molecular weight is 183 g/mol. The SMILES string of the molecule is COCC(Cc1cnc[nH]1)N(C)C. The van der Waals surface area contributed by atoms with Crippen LogP contribution < -0.4 is 0 Å². The molecule has 0 spiro atoms. The highest BCUT2D eigenvalue weighted by Crippen LogP contribution is 2.03. The van der Waals surface area contributed by atoms with Gasteiger partial charge in [0.25, 0.3) is 0 Å². The molecule has 1 rings (SSSR count). The molecule has 1 aromatic rings. The van der Waals surface area contributed by atoms with Crippen molar-refractivity contribution >= 4 is 0 Å². The number of likely N-dealkylation sites (N-methyl/N-ethyl adjacent to an activating group) is 1. The summed E-state index contributed by atoms with van der Waals surface area (Å²) in [6, 6.07) is 0.408. The fourth-order valence-corrected chi connectivity index (χ4v) is 1.23. The average Bonchev–Trinajstić information content (AvgIpc) is 2.56. The number of nitrogens with one attached hydrogen (secondary N) is 1. The van der Waals surface area contributed by atoms with E-state index < -0.39 is 0 Å². The minimum atomic E-state index is 0.408. The molecule has 13 heavy (non-hydrogen) atoms. The summed E-state index contributed by atoms with van der Waals surface area (Å²) in [7, 11) is 5.84. The molecule has 0 fully saturated rings. The van der Waals surface area contributed by atoms with Crippen LogP contribution in [0.4, 0.5) is 0 Å². The lowest BCUT2D eigenvalue weighted by Crippen LogP contribution is -2.34. The lowest BCUT2D eigenvalue weighted by molar-refractivity contribution is 0.119. The highest BCUT2D eigenvalue weighted by molar-refractivity contribution is 4.97. The Morgan fingerprint density at radius 1 is 1.62 bits per heavy atom. The second-order valence-corrected chi connectivity index (χ2v) is 3.35. The maximum absolute atomic E-state index is 5.14. The molecule has 0 aliphatic heterocycles. The molecule has 1 unspecified atom stereocenters. The Morgan fingerprint density at radius 3 is 2.85 bits per heavy atom. The first-order valence-corrected chi connectivity index (χ1v) is 4.36. The summed E-state index contributed by atoms with van der Waals surface area (Å²) in [5.41, 5.74) is 1.15. The molecule has 0 aliphatic carbocycles. The van der Waals surface area contributed by atoms with Crippen molar-refractivity contribution in [1.29, 1.82) is 0 Å². The first-order valence-electron chi connectivity index (χ1n) is 4.36. The summed E-state index contributed by atoms with van der Waals surface area (Å²) in [4.78, 5) is 9.22. The molecule has 0 aromatic carbocycles. The number of hydrogen-bond acceptors (Lipinski definition) is 3. The van der Waals surface area contributed by atoms with Crippen LogP contribution in [0.3, 0.4) is 0 Å². The summed E-state index contributed by atoms with van der Waals surface area (Å²) >= 11 is 0. The smallest absolute Gasteiger partial charge is 0.0921 e. The van der Waals surface area contributed by atoms with Gasteiger partial charge in [-0.1, -0.05) is 0 Å². The second-order valence-electron chi connectivity index (χ2n) is 3.35. The molecular weight excluding hydrogens is 166 g/mol. The van der Waals surface area contributed by atoms with E-state index in [1.165, 1.54) is 0 Å². The third-order valence-electron chi connectivity index (χ3n) is 2.10. The lowest BCUT2D eigenvalue weighted by atomic mass is 10.1. The topological polar surface area (TPSA) is 41.1 Å². The fourth-order valence-electron chi connectivity index (χ4n) is 1.23. The molecule has 4 nitrogen and oxygen atoms in total. The number of aromatic nitrogens is 2. The highest BCUT2D eigenvalue weighted by Gasteiger charge is 2.12. The van der Waals surface area contributed by atoms with Crippen molar-refractivity contribution in [3.8, 4) is 0 Å². The molecule has 0 aliphatic rings. The predicted octanol–water partition coefficient (Wildman–Crippen LogP) is 0.529. The number of aromatic amines is 1. The first kappa shape index (κ1) is 10.2. The number of ether oxygens (including phenoxy) is 1. The number of imidazole rings is 1. The Hall–Kier alpha value is -0.870. The summed E-state index contributed by atoms with van der Waals surface area (Å²) in [6.45, 7) is 0.742. The van der Waals surface area contributed by atoms with Gasteiger partial charge in [0.2, 0.25) is 0 Å². The van der Waals surface area contributed by atoms with Gasteiger partial charge in [-0.15, -0.1) is 0 Å². The fraction of sp³-hybridized carbons (Fsp3) is 0.667. The van der Waals surface area contributed by atoms with E-state index in [1.807, 2.05) is 6.20 Å². The summed E-state index contributed by atoms with van der Waals surface area (Å²) in [5, 5.41) is 0. The lowest BCUT2D eigenvalue weighted by Gasteiger charge is -2.22. The van der Waals surface area contributed by atoms with E-state index in [9.17, 15) is 0 Å². The number of H-pyrrole nitrogens is 1. The van der Waals surface area contributed by atoms with E-state index in [0.717, 1.165) is 18.7 Å². The summed E-state index contributed by atoms with van der Waals surface area (Å²) in [6.07, 6.45) is 4.50. The third-order valence-corrected chi connectivity index (χ3v) is 2.10. The molecule has 1 N–H and O–H groups in total. The van der Waals surface area contributed by atoms with Gasteiger partial charge in [-0.2, -0.15) is 0 Å². The van der Waals surface area contributed by atoms with Crippen molar-refractivity contribution in [2.24, 2.45) is 0 Å². The second kappa shape index (κ2) is 4.99. The Morgan fingerprint density at radius 2 is 2.38 bits per heavy atom. The summed E-state index contributed by atoms with van der Waals surface area (Å²) < 4.78 is 5.14. The first-order chi connectivity index (χ1) is 6.24. The minimum Gasteiger partial charge on any atom is -0.383 e. The van der Waals surface area contributed by atoms with E-state index >= 15 is 0 Å². The maximum atomic E-state index is 5.14. The van der Waals surface area contributed by atoms with Crippen LogP contribution in [-0.2, 0) is 11.2 Å². The van der Waals surface area contributed by atoms with Crippen LogP contribution in [0.25, 0.3) is 0 Å². The zero-order valence-corrected chi connectivity index (χ0v) is 8.45. The maximum Gasteiger partial charge on any atom is 0.0921 e. The summed E-state index contributed by atoms with van der Waals surface area (Å²) in [5.74, 6) is 0. The normalized spacial score (nSPS) is 13.5. The van der Waals surface area contributed by atoms with Crippen LogP contribution in [0.2, 0.25) is 0 Å². The van der Waals surface area contributed by atoms with Gasteiger partial charge >= 0.3 is 0 Å². The largest absolute Gasteiger partial charge is 0.383 e. The molecule has 0 amide bonds. The predicted molar refractivity (Wildman–Crippen MR) is 51.6 cm³/mol. The molecule has 1 heterocycles. The molecule has 4 heteroatoms. The zero-order valence-electron chi connectivity index (χ0n) is 8.45. The third kappa shape index (κ3) is 3.16. The van der Waals surface area contributed by atoms with Gasteiger partial charge < -0.3 is 14.6 Å². The van der Waals surface area contributed by atoms with Crippen molar-refractivity contribution in [1.82, 2.24) is 14.9 Å². The van der Waals surface area contributed by atoms with Gasteiger partial charge in [0.1, 0.15) is 0 Å². The standard InChI is InChI=1S/C9H17N3O/c1-12(2)9(6-13-3)4-8-5-10-7-11-8/h5,7,9H,4,6H2,1-3H3,(H,10,11). The minimum absolute atomic E-state index is 0.408. The van der Waals surface area contributed by atoms with E-state index in [4.69, 9.17) is 4.74 Å². The molecule has 1 aromatic heterocycles. The quantitative estimate of drug-likeness (QED) is 0.724. The molecule has 0 saturated heterocycles. The van der Waals surface area contributed by atoms with Crippen LogP contribution in [0.1, 0.15) is 5.69 Å². The van der Waals surface area contributed by atoms with E-state index in [1.54, 1.807) is 13.4 Å².